The highest BCUT2D eigenvalue weighted by Crippen LogP contribution is 2.20. The van der Waals surface area contributed by atoms with Crippen LogP contribution in [0, 0.1) is 0 Å². The summed E-state index contributed by atoms with van der Waals surface area (Å²) in [5.74, 6) is -0.0412. The van der Waals surface area contributed by atoms with Gasteiger partial charge in [0.2, 0.25) is 5.91 Å². The fraction of sp³-hybridized carbons (Fsp3) is 0.917. The molecular formula is C12H23NO3. The van der Waals surface area contributed by atoms with Crippen LogP contribution in [-0.4, -0.2) is 35.9 Å². The molecule has 0 radical (unpaired) electrons. The highest BCUT2D eigenvalue weighted by atomic mass is 16.5. The van der Waals surface area contributed by atoms with Crippen LogP contribution >= 0.6 is 0 Å². The van der Waals surface area contributed by atoms with Crippen molar-refractivity contribution in [3.05, 3.63) is 0 Å². The van der Waals surface area contributed by atoms with E-state index in [2.05, 4.69) is 5.32 Å². The van der Waals surface area contributed by atoms with Gasteiger partial charge in [0.15, 0.2) is 0 Å². The molecule has 94 valence electrons. The summed E-state index contributed by atoms with van der Waals surface area (Å²) in [4.78, 5) is 11.4. The summed E-state index contributed by atoms with van der Waals surface area (Å²) < 4.78 is 5.52. The Labute approximate surface area is 97.4 Å². The Morgan fingerprint density at radius 1 is 1.44 bits per heavy atom. The van der Waals surface area contributed by atoms with Crippen molar-refractivity contribution in [3.63, 3.8) is 0 Å². The number of aliphatic hydroxyl groups is 1. The molecule has 4 heteroatoms. The number of carbonyl (C=O) groups is 1. The first-order chi connectivity index (χ1) is 7.61. The van der Waals surface area contributed by atoms with E-state index in [0.29, 0.717) is 0 Å². The zero-order valence-corrected chi connectivity index (χ0v) is 10.2. The molecule has 0 heterocycles. The van der Waals surface area contributed by atoms with Crippen LogP contribution in [0.2, 0.25) is 0 Å². The molecule has 1 rings (SSSR count). The van der Waals surface area contributed by atoms with E-state index < -0.39 is 0 Å². The fourth-order valence-electron chi connectivity index (χ4n) is 1.82. The highest BCUT2D eigenvalue weighted by molar-refractivity contribution is 5.77. The van der Waals surface area contributed by atoms with Gasteiger partial charge in [-0.15, -0.1) is 0 Å². The lowest BCUT2D eigenvalue weighted by atomic mass is 9.95. The largest absolute Gasteiger partial charge is 0.393 e. The summed E-state index contributed by atoms with van der Waals surface area (Å²) in [6, 6.07) is 0.212. The van der Waals surface area contributed by atoms with Crippen LogP contribution in [0.3, 0.4) is 0 Å². The summed E-state index contributed by atoms with van der Waals surface area (Å²) in [6.45, 7) is 4.16. The Morgan fingerprint density at radius 2 is 2.06 bits per heavy atom. The van der Waals surface area contributed by atoms with E-state index in [1.165, 1.54) is 0 Å². The number of rotatable bonds is 5. The maximum Gasteiger partial charge on any atom is 0.246 e. The van der Waals surface area contributed by atoms with Crippen molar-refractivity contribution in [1.82, 2.24) is 5.32 Å². The van der Waals surface area contributed by atoms with Crippen molar-refractivity contribution in [2.75, 3.05) is 6.61 Å². The Hall–Kier alpha value is -0.610. The minimum atomic E-state index is -0.172. The standard InChI is InChI=1S/C12H23NO3/c1-3-9(2)13-12(15)8-16-11-6-4-10(14)5-7-11/h9-11,14H,3-8H2,1-2H3,(H,13,15). The molecule has 0 aromatic rings. The number of aliphatic hydroxyl groups excluding tert-OH is 1. The summed E-state index contributed by atoms with van der Waals surface area (Å²) in [5, 5.41) is 12.2. The molecule has 1 saturated carbocycles. The van der Waals surface area contributed by atoms with Gasteiger partial charge in [0.1, 0.15) is 6.61 Å². The first-order valence-electron chi connectivity index (χ1n) is 6.20. The van der Waals surface area contributed by atoms with Crippen LogP contribution in [0.25, 0.3) is 0 Å². The molecule has 0 spiro atoms. The molecule has 1 aliphatic rings. The topological polar surface area (TPSA) is 58.6 Å². The second-order valence-electron chi connectivity index (χ2n) is 4.62. The summed E-state index contributed by atoms with van der Waals surface area (Å²) >= 11 is 0. The molecule has 0 aliphatic heterocycles. The van der Waals surface area contributed by atoms with E-state index in [1.54, 1.807) is 0 Å². The molecule has 0 bridgehead atoms. The lowest BCUT2D eigenvalue weighted by Gasteiger charge is -2.25. The van der Waals surface area contributed by atoms with Crippen LogP contribution in [-0.2, 0) is 9.53 Å². The minimum absolute atomic E-state index is 0.0412. The average molecular weight is 229 g/mol. The van der Waals surface area contributed by atoms with E-state index >= 15 is 0 Å². The van der Waals surface area contributed by atoms with Crippen LogP contribution in [0.5, 0.6) is 0 Å². The van der Waals surface area contributed by atoms with Gasteiger partial charge < -0.3 is 15.2 Å². The second kappa shape index (κ2) is 6.86. The van der Waals surface area contributed by atoms with Gasteiger partial charge >= 0.3 is 0 Å². The zero-order chi connectivity index (χ0) is 12.0. The molecule has 0 saturated heterocycles. The third-order valence-electron chi connectivity index (χ3n) is 3.11. The summed E-state index contributed by atoms with van der Waals surface area (Å²) in [6.07, 6.45) is 4.20. The molecule has 1 fully saturated rings. The number of hydrogen-bond acceptors (Lipinski definition) is 3. The van der Waals surface area contributed by atoms with Gasteiger partial charge in [0, 0.05) is 6.04 Å². The van der Waals surface area contributed by atoms with Crippen LogP contribution in [0.4, 0.5) is 0 Å². The smallest absolute Gasteiger partial charge is 0.246 e. The van der Waals surface area contributed by atoms with E-state index in [0.717, 1.165) is 32.1 Å². The van der Waals surface area contributed by atoms with E-state index in [4.69, 9.17) is 4.74 Å². The molecule has 0 aromatic heterocycles. The molecule has 1 aliphatic carbocycles. The average Bonchev–Trinajstić information content (AvgIpc) is 2.28. The summed E-state index contributed by atoms with van der Waals surface area (Å²) in [5.41, 5.74) is 0. The van der Waals surface area contributed by atoms with Crippen molar-refractivity contribution >= 4 is 5.91 Å². The van der Waals surface area contributed by atoms with Gasteiger partial charge in [-0.25, -0.2) is 0 Å². The van der Waals surface area contributed by atoms with Crippen molar-refractivity contribution in [2.45, 2.75) is 64.2 Å². The van der Waals surface area contributed by atoms with Crippen molar-refractivity contribution in [2.24, 2.45) is 0 Å². The Balaban J connectivity index is 2.12. The third-order valence-corrected chi connectivity index (χ3v) is 3.11. The first kappa shape index (κ1) is 13.5. The van der Waals surface area contributed by atoms with Crippen LogP contribution in [0.1, 0.15) is 46.0 Å². The van der Waals surface area contributed by atoms with Crippen LogP contribution < -0.4 is 5.32 Å². The Kier molecular flexibility index (Phi) is 5.77. The van der Waals surface area contributed by atoms with Gasteiger partial charge in [-0.1, -0.05) is 6.92 Å². The molecule has 2 N–H and O–H groups in total. The summed E-state index contributed by atoms with van der Waals surface area (Å²) in [7, 11) is 0. The van der Waals surface area contributed by atoms with E-state index in [9.17, 15) is 9.90 Å². The number of nitrogens with one attached hydrogen (secondary N) is 1. The highest BCUT2D eigenvalue weighted by Gasteiger charge is 2.20. The predicted molar refractivity (Wildman–Crippen MR) is 62.1 cm³/mol. The molecule has 0 aromatic carbocycles. The minimum Gasteiger partial charge on any atom is -0.393 e. The van der Waals surface area contributed by atoms with E-state index in [-0.39, 0.29) is 30.8 Å². The number of hydrogen-bond donors (Lipinski definition) is 2. The van der Waals surface area contributed by atoms with Gasteiger partial charge in [-0.3, -0.25) is 4.79 Å². The lowest BCUT2D eigenvalue weighted by molar-refractivity contribution is -0.129. The van der Waals surface area contributed by atoms with Crippen molar-refractivity contribution in [1.29, 1.82) is 0 Å². The molecular weight excluding hydrogens is 206 g/mol. The Bertz CT molecular complexity index is 212. The van der Waals surface area contributed by atoms with E-state index in [1.807, 2.05) is 13.8 Å². The molecule has 1 atom stereocenters. The quantitative estimate of drug-likeness (QED) is 0.745. The maximum atomic E-state index is 11.4. The maximum absolute atomic E-state index is 11.4. The number of amides is 1. The monoisotopic (exact) mass is 229 g/mol. The fourth-order valence-corrected chi connectivity index (χ4v) is 1.82. The van der Waals surface area contributed by atoms with Crippen molar-refractivity contribution < 1.29 is 14.6 Å². The van der Waals surface area contributed by atoms with Crippen molar-refractivity contribution in [3.8, 4) is 0 Å². The number of carbonyl (C=O) groups excluding carboxylic acids is 1. The molecule has 16 heavy (non-hydrogen) atoms. The van der Waals surface area contributed by atoms with Gasteiger partial charge in [0.25, 0.3) is 0 Å². The van der Waals surface area contributed by atoms with Crippen LogP contribution in [0.15, 0.2) is 0 Å². The second-order valence-corrected chi connectivity index (χ2v) is 4.62. The van der Waals surface area contributed by atoms with Gasteiger partial charge in [-0.05, 0) is 39.0 Å². The number of ether oxygens (including phenoxy) is 1. The molecule has 1 amide bonds. The van der Waals surface area contributed by atoms with Gasteiger partial charge in [0.05, 0.1) is 12.2 Å². The predicted octanol–water partition coefficient (Wildman–Crippen LogP) is 1.22. The third kappa shape index (κ3) is 4.94. The molecule has 1 unspecified atom stereocenters. The molecule has 4 nitrogen and oxygen atoms in total. The Morgan fingerprint density at radius 3 is 2.62 bits per heavy atom. The zero-order valence-electron chi connectivity index (χ0n) is 10.2. The lowest BCUT2D eigenvalue weighted by Crippen LogP contribution is -2.36. The van der Waals surface area contributed by atoms with Gasteiger partial charge in [-0.2, -0.15) is 0 Å². The SMILES string of the molecule is CCC(C)NC(=O)COC1CCC(O)CC1. The first-order valence-corrected chi connectivity index (χ1v) is 6.20. The normalized spacial score (nSPS) is 27.4.